The molecule has 0 spiro atoms. The first-order chi connectivity index (χ1) is 9.74. The topological polar surface area (TPSA) is 13.0 Å². The van der Waals surface area contributed by atoms with E-state index in [1.54, 1.807) is 0 Å². The molecule has 0 aliphatic carbocycles. The van der Waals surface area contributed by atoms with Crippen LogP contribution >= 0.6 is 0 Å². The van der Waals surface area contributed by atoms with Gasteiger partial charge in [-0.3, -0.25) is 0 Å². The predicted octanol–water partition coefficient (Wildman–Crippen LogP) is 1.04. The standard InChI is InChI=1S/C16H34N4/c1-17-7-3-11-19-13-5-9-18(2)10-6-14-20(16-15-19)12-4-8-17/h3-16H2,1-2H3. The molecule has 0 amide bonds. The molecule has 2 aliphatic heterocycles. The summed E-state index contributed by atoms with van der Waals surface area (Å²) in [7, 11) is 4.56. The zero-order valence-electron chi connectivity index (χ0n) is 13.7. The Balaban J connectivity index is 1.94. The monoisotopic (exact) mass is 282 g/mol. The second kappa shape index (κ2) is 8.98. The van der Waals surface area contributed by atoms with Gasteiger partial charge in [-0.15, -0.1) is 0 Å². The number of hydrogen-bond acceptors (Lipinski definition) is 4. The summed E-state index contributed by atoms with van der Waals surface area (Å²) in [6.07, 6.45) is 5.30. The van der Waals surface area contributed by atoms with Crippen molar-refractivity contribution in [1.29, 1.82) is 0 Å². The maximum Gasteiger partial charge on any atom is 0.0109 e. The first kappa shape index (κ1) is 16.2. The molecule has 0 aromatic heterocycles. The van der Waals surface area contributed by atoms with Gasteiger partial charge in [0.15, 0.2) is 0 Å². The average Bonchev–Trinajstić information content (AvgIpc) is 2.47. The quantitative estimate of drug-likeness (QED) is 0.658. The fourth-order valence-corrected chi connectivity index (χ4v) is 3.43. The Hall–Kier alpha value is -0.160. The molecule has 20 heavy (non-hydrogen) atoms. The molecule has 118 valence electrons. The Morgan fingerprint density at radius 2 is 0.700 bits per heavy atom. The molecule has 2 saturated heterocycles. The smallest absolute Gasteiger partial charge is 0.0109 e. The van der Waals surface area contributed by atoms with Crippen molar-refractivity contribution in [2.45, 2.75) is 25.7 Å². The van der Waals surface area contributed by atoms with Gasteiger partial charge in [0.05, 0.1) is 0 Å². The summed E-state index contributed by atoms with van der Waals surface area (Å²) in [5.74, 6) is 0. The molecule has 2 aliphatic rings. The van der Waals surface area contributed by atoms with E-state index in [-0.39, 0.29) is 0 Å². The van der Waals surface area contributed by atoms with Crippen molar-refractivity contribution in [2.24, 2.45) is 0 Å². The van der Waals surface area contributed by atoms with Crippen molar-refractivity contribution >= 4 is 0 Å². The zero-order chi connectivity index (χ0) is 14.2. The van der Waals surface area contributed by atoms with Crippen LogP contribution in [-0.4, -0.2) is 99.1 Å². The average molecular weight is 282 g/mol. The molecule has 0 aromatic carbocycles. The highest BCUT2D eigenvalue weighted by atomic mass is 15.2. The van der Waals surface area contributed by atoms with Gasteiger partial charge < -0.3 is 19.6 Å². The van der Waals surface area contributed by atoms with Crippen molar-refractivity contribution in [3.05, 3.63) is 0 Å². The van der Waals surface area contributed by atoms with E-state index in [9.17, 15) is 0 Å². The molecule has 0 atom stereocenters. The summed E-state index contributed by atoms with van der Waals surface area (Å²) in [6, 6.07) is 0. The Morgan fingerprint density at radius 1 is 0.400 bits per heavy atom. The molecule has 0 N–H and O–H groups in total. The summed E-state index contributed by atoms with van der Waals surface area (Å²) in [5, 5.41) is 0. The fraction of sp³-hybridized carbons (Fsp3) is 1.00. The summed E-state index contributed by atoms with van der Waals surface area (Å²) in [6.45, 7) is 12.7. The van der Waals surface area contributed by atoms with Crippen LogP contribution in [-0.2, 0) is 0 Å². The number of hydrogen-bond donors (Lipinski definition) is 0. The van der Waals surface area contributed by atoms with Crippen LogP contribution in [0.4, 0.5) is 0 Å². The summed E-state index contributed by atoms with van der Waals surface area (Å²) in [5.41, 5.74) is 0. The van der Waals surface area contributed by atoms with Crippen molar-refractivity contribution in [1.82, 2.24) is 19.6 Å². The SMILES string of the molecule is CN1CCCN2CCCN(C)CCCN(CCC1)CC2. The molecular formula is C16H34N4. The van der Waals surface area contributed by atoms with Gasteiger partial charge in [0.2, 0.25) is 0 Å². The Labute approximate surface area is 125 Å². The van der Waals surface area contributed by atoms with E-state index in [1.165, 1.54) is 91.1 Å². The second-order valence-electron chi connectivity index (χ2n) is 6.70. The fourth-order valence-electron chi connectivity index (χ4n) is 3.43. The van der Waals surface area contributed by atoms with Crippen LogP contribution in [0.15, 0.2) is 0 Å². The van der Waals surface area contributed by atoms with E-state index in [1.807, 2.05) is 0 Å². The van der Waals surface area contributed by atoms with Crippen LogP contribution in [0.2, 0.25) is 0 Å². The van der Waals surface area contributed by atoms with Crippen LogP contribution in [0, 0.1) is 0 Å². The van der Waals surface area contributed by atoms with Gasteiger partial charge in [0.1, 0.15) is 0 Å². The molecule has 0 saturated carbocycles. The maximum atomic E-state index is 2.70. The predicted molar refractivity (Wildman–Crippen MR) is 86.3 cm³/mol. The van der Waals surface area contributed by atoms with Crippen LogP contribution in [0.1, 0.15) is 25.7 Å². The molecule has 4 heteroatoms. The summed E-state index contributed by atoms with van der Waals surface area (Å²) < 4.78 is 0. The van der Waals surface area contributed by atoms with Gasteiger partial charge in [0.25, 0.3) is 0 Å². The van der Waals surface area contributed by atoms with Gasteiger partial charge in [-0.25, -0.2) is 0 Å². The minimum atomic E-state index is 1.26. The Bertz CT molecular complexity index is 213. The number of fused-ring (bicyclic) bond motifs is 3. The maximum absolute atomic E-state index is 2.70. The van der Waals surface area contributed by atoms with Crippen molar-refractivity contribution in [2.75, 3.05) is 79.5 Å². The molecule has 0 aromatic rings. The lowest BCUT2D eigenvalue weighted by molar-refractivity contribution is 0.206. The van der Waals surface area contributed by atoms with E-state index >= 15 is 0 Å². The van der Waals surface area contributed by atoms with Crippen LogP contribution in [0.3, 0.4) is 0 Å². The molecule has 2 fully saturated rings. The first-order valence-corrected chi connectivity index (χ1v) is 8.56. The van der Waals surface area contributed by atoms with Gasteiger partial charge >= 0.3 is 0 Å². The van der Waals surface area contributed by atoms with Crippen LogP contribution in [0.25, 0.3) is 0 Å². The molecule has 2 heterocycles. The minimum Gasteiger partial charge on any atom is -0.306 e. The third kappa shape index (κ3) is 6.08. The van der Waals surface area contributed by atoms with Gasteiger partial charge in [-0.1, -0.05) is 0 Å². The highest BCUT2D eigenvalue weighted by Gasteiger charge is 2.14. The number of nitrogens with zero attached hydrogens (tertiary/aromatic N) is 4. The molecule has 2 bridgehead atoms. The molecular weight excluding hydrogens is 248 g/mol. The largest absolute Gasteiger partial charge is 0.306 e. The normalized spacial score (nSPS) is 33.3. The van der Waals surface area contributed by atoms with Crippen LogP contribution in [0.5, 0.6) is 0 Å². The van der Waals surface area contributed by atoms with E-state index in [2.05, 4.69) is 33.7 Å². The zero-order valence-corrected chi connectivity index (χ0v) is 13.7. The lowest BCUT2D eigenvalue weighted by atomic mass is 10.3. The third-order valence-electron chi connectivity index (χ3n) is 4.79. The molecule has 0 unspecified atom stereocenters. The van der Waals surface area contributed by atoms with Crippen LogP contribution < -0.4 is 0 Å². The molecule has 0 radical (unpaired) electrons. The van der Waals surface area contributed by atoms with Crippen molar-refractivity contribution < 1.29 is 0 Å². The lowest BCUT2D eigenvalue weighted by Crippen LogP contribution is -2.37. The van der Waals surface area contributed by atoms with Gasteiger partial charge in [0, 0.05) is 13.1 Å². The highest BCUT2D eigenvalue weighted by molar-refractivity contribution is 4.70. The van der Waals surface area contributed by atoms with E-state index in [0.29, 0.717) is 0 Å². The Morgan fingerprint density at radius 3 is 1.00 bits per heavy atom. The Kier molecular flexibility index (Phi) is 7.28. The van der Waals surface area contributed by atoms with E-state index < -0.39 is 0 Å². The van der Waals surface area contributed by atoms with E-state index in [4.69, 9.17) is 0 Å². The summed E-state index contributed by atoms with van der Waals surface area (Å²) in [4.78, 5) is 10.4. The van der Waals surface area contributed by atoms with Crippen molar-refractivity contribution in [3.63, 3.8) is 0 Å². The lowest BCUT2D eigenvalue weighted by Gasteiger charge is -2.26. The molecule has 4 nitrogen and oxygen atoms in total. The molecule has 2 rings (SSSR count). The van der Waals surface area contributed by atoms with Crippen molar-refractivity contribution in [3.8, 4) is 0 Å². The second-order valence-corrected chi connectivity index (χ2v) is 6.70. The van der Waals surface area contributed by atoms with Gasteiger partial charge in [-0.05, 0) is 92.1 Å². The third-order valence-corrected chi connectivity index (χ3v) is 4.79. The van der Waals surface area contributed by atoms with Gasteiger partial charge in [-0.2, -0.15) is 0 Å². The summed E-state index contributed by atoms with van der Waals surface area (Å²) >= 11 is 0. The first-order valence-electron chi connectivity index (χ1n) is 8.56. The highest BCUT2D eigenvalue weighted by Crippen LogP contribution is 2.05. The van der Waals surface area contributed by atoms with E-state index in [0.717, 1.165) is 0 Å². The number of rotatable bonds is 0. The minimum absolute atomic E-state index is 1.26.